The van der Waals surface area contributed by atoms with E-state index in [1.165, 1.54) is 7.11 Å². The summed E-state index contributed by atoms with van der Waals surface area (Å²) in [4.78, 5) is 23.6. The highest BCUT2D eigenvalue weighted by Crippen LogP contribution is 2.38. The van der Waals surface area contributed by atoms with Crippen LogP contribution in [0.4, 0.5) is 5.69 Å². The van der Waals surface area contributed by atoms with E-state index in [1.807, 2.05) is 40.0 Å². The lowest BCUT2D eigenvalue weighted by Gasteiger charge is -2.40. The highest BCUT2D eigenvalue weighted by Gasteiger charge is 2.46. The number of hydrogen-bond donors (Lipinski definition) is 1. The molecule has 0 radical (unpaired) electrons. The van der Waals surface area contributed by atoms with Crippen LogP contribution in [0.1, 0.15) is 65.1 Å². The van der Waals surface area contributed by atoms with Crippen LogP contribution in [0.15, 0.2) is 23.3 Å². The molecule has 32 heavy (non-hydrogen) atoms. The Morgan fingerprint density at radius 1 is 1.25 bits per heavy atom. The van der Waals surface area contributed by atoms with E-state index in [9.17, 15) is 9.90 Å². The monoisotopic (exact) mass is 443 g/mol. The van der Waals surface area contributed by atoms with Crippen molar-refractivity contribution in [1.29, 1.82) is 0 Å². The van der Waals surface area contributed by atoms with E-state index in [0.717, 1.165) is 48.6 Å². The summed E-state index contributed by atoms with van der Waals surface area (Å²) in [5.41, 5.74) is 2.38. The molecule has 0 spiro atoms. The lowest BCUT2D eigenvalue weighted by atomic mass is 9.82. The van der Waals surface area contributed by atoms with Gasteiger partial charge in [0.2, 0.25) is 0 Å². The molecule has 0 aromatic carbocycles. The Morgan fingerprint density at radius 3 is 2.41 bits per heavy atom. The highest BCUT2D eigenvalue weighted by molar-refractivity contribution is 5.90. The summed E-state index contributed by atoms with van der Waals surface area (Å²) >= 11 is 0. The van der Waals surface area contributed by atoms with Gasteiger partial charge in [-0.3, -0.25) is 9.98 Å². The standard InChI is InChI=1S/C25H37N3O4/c1-17-14-20(28-12-10-24(5,6)11-13-28)18(15-26-17)19-8-9-25(31-7,16-27-19)21(22(29)30)32-23(2,3)4/h8,14-16,21H,9-13H2,1-7H3,(H,29,30). The van der Waals surface area contributed by atoms with E-state index in [2.05, 4.69) is 34.8 Å². The highest BCUT2D eigenvalue weighted by atomic mass is 16.6. The van der Waals surface area contributed by atoms with Crippen LogP contribution in [0, 0.1) is 12.3 Å². The second kappa shape index (κ2) is 8.94. The zero-order valence-electron chi connectivity index (χ0n) is 20.4. The molecule has 1 N–H and O–H groups in total. The number of nitrogens with zero attached hydrogens (tertiary/aromatic N) is 3. The van der Waals surface area contributed by atoms with Crippen molar-refractivity contribution in [1.82, 2.24) is 4.98 Å². The van der Waals surface area contributed by atoms with Crippen LogP contribution in [0.2, 0.25) is 0 Å². The van der Waals surface area contributed by atoms with Crippen molar-refractivity contribution < 1.29 is 19.4 Å². The number of hydrogen-bond acceptors (Lipinski definition) is 6. The van der Waals surface area contributed by atoms with Gasteiger partial charge in [0.1, 0.15) is 5.60 Å². The van der Waals surface area contributed by atoms with Gasteiger partial charge in [-0.1, -0.05) is 19.9 Å². The van der Waals surface area contributed by atoms with Crippen molar-refractivity contribution in [3.63, 3.8) is 0 Å². The maximum absolute atomic E-state index is 12.0. The third kappa shape index (κ3) is 5.38. The first-order valence-corrected chi connectivity index (χ1v) is 11.3. The maximum atomic E-state index is 12.0. The average molecular weight is 444 g/mol. The van der Waals surface area contributed by atoms with Crippen molar-refractivity contribution in [2.24, 2.45) is 10.4 Å². The molecule has 3 rings (SSSR count). The number of aliphatic carboxylic acids is 1. The first-order valence-electron chi connectivity index (χ1n) is 11.3. The van der Waals surface area contributed by atoms with E-state index in [0.29, 0.717) is 11.8 Å². The fourth-order valence-corrected chi connectivity index (χ4v) is 4.21. The van der Waals surface area contributed by atoms with Crippen molar-refractivity contribution >= 4 is 23.6 Å². The summed E-state index contributed by atoms with van der Waals surface area (Å²) in [5.74, 6) is -1.07. The SMILES string of the molecule is COC1(C(OC(C)(C)C)C(=O)O)C=NC(c2cnc(C)cc2N2CCC(C)(C)CC2)=CC1. The quantitative estimate of drug-likeness (QED) is 0.698. The minimum Gasteiger partial charge on any atom is -0.479 e. The molecule has 176 valence electrons. The molecule has 7 nitrogen and oxygen atoms in total. The summed E-state index contributed by atoms with van der Waals surface area (Å²) in [6.45, 7) is 14.1. The Morgan fingerprint density at radius 2 is 1.91 bits per heavy atom. The molecule has 0 amide bonds. The van der Waals surface area contributed by atoms with Gasteiger partial charge >= 0.3 is 5.97 Å². The molecule has 1 aromatic heterocycles. The lowest BCUT2D eigenvalue weighted by molar-refractivity contribution is -0.182. The van der Waals surface area contributed by atoms with Gasteiger partial charge in [0.15, 0.2) is 6.10 Å². The molecule has 2 aliphatic heterocycles. The predicted octanol–water partition coefficient (Wildman–Crippen LogP) is 4.49. The van der Waals surface area contributed by atoms with Gasteiger partial charge in [0, 0.05) is 56.0 Å². The fraction of sp³-hybridized carbons (Fsp3) is 0.640. The second-order valence-electron chi connectivity index (χ2n) is 10.7. The number of ether oxygens (including phenoxy) is 2. The van der Waals surface area contributed by atoms with Crippen LogP contribution in [-0.2, 0) is 14.3 Å². The Hall–Kier alpha value is -2.25. The number of carboxylic acids is 1. The molecular formula is C25H37N3O4. The molecular weight excluding hydrogens is 406 g/mol. The van der Waals surface area contributed by atoms with Crippen LogP contribution >= 0.6 is 0 Å². The van der Waals surface area contributed by atoms with Crippen molar-refractivity contribution in [3.05, 3.63) is 29.6 Å². The Balaban J connectivity index is 1.90. The van der Waals surface area contributed by atoms with Gasteiger partial charge in [0.05, 0.1) is 11.3 Å². The first kappa shape index (κ1) is 24.4. The topological polar surface area (TPSA) is 84.2 Å². The molecule has 2 unspecified atom stereocenters. The number of carboxylic acid groups (broad SMARTS) is 1. The summed E-state index contributed by atoms with van der Waals surface area (Å²) in [7, 11) is 1.50. The summed E-state index contributed by atoms with van der Waals surface area (Å²) in [6.07, 6.45) is 6.84. The van der Waals surface area contributed by atoms with Crippen molar-refractivity contribution in [2.45, 2.75) is 78.1 Å². The largest absolute Gasteiger partial charge is 0.479 e. The molecule has 0 bridgehead atoms. The molecule has 0 saturated carbocycles. The number of pyridine rings is 1. The number of piperidine rings is 1. The number of carbonyl (C=O) groups is 1. The number of anilines is 1. The van der Waals surface area contributed by atoms with Crippen LogP contribution in [0.5, 0.6) is 0 Å². The van der Waals surface area contributed by atoms with Gasteiger partial charge in [-0.25, -0.2) is 4.79 Å². The van der Waals surface area contributed by atoms with E-state index in [4.69, 9.17) is 9.47 Å². The molecule has 1 aromatic rings. The summed E-state index contributed by atoms with van der Waals surface area (Å²) in [6, 6.07) is 2.12. The molecule has 2 atom stereocenters. The fourth-order valence-electron chi connectivity index (χ4n) is 4.21. The number of methoxy groups -OCH3 is 1. The molecule has 7 heteroatoms. The number of aryl methyl sites for hydroxylation is 1. The first-order chi connectivity index (χ1) is 14.9. The smallest absolute Gasteiger partial charge is 0.336 e. The Bertz CT molecular complexity index is 906. The van der Waals surface area contributed by atoms with E-state index in [-0.39, 0.29) is 0 Å². The Labute approximate surface area is 191 Å². The normalized spacial score (nSPS) is 24.2. The molecule has 0 aliphatic carbocycles. The van der Waals surface area contributed by atoms with Crippen molar-refractivity contribution in [3.8, 4) is 0 Å². The van der Waals surface area contributed by atoms with Gasteiger partial charge in [0.25, 0.3) is 0 Å². The molecule has 1 saturated heterocycles. The third-order valence-electron chi connectivity index (χ3n) is 6.31. The number of aliphatic imine (C=N–C) groups is 1. The average Bonchev–Trinajstić information content (AvgIpc) is 2.71. The van der Waals surface area contributed by atoms with Gasteiger partial charge in [-0.15, -0.1) is 0 Å². The summed E-state index contributed by atoms with van der Waals surface area (Å²) in [5, 5.41) is 9.85. The maximum Gasteiger partial charge on any atom is 0.336 e. The Kier molecular flexibility index (Phi) is 6.82. The van der Waals surface area contributed by atoms with E-state index < -0.39 is 23.3 Å². The third-order valence-corrected chi connectivity index (χ3v) is 6.31. The summed E-state index contributed by atoms with van der Waals surface area (Å²) < 4.78 is 11.6. The molecule has 1 fully saturated rings. The van der Waals surface area contributed by atoms with E-state index in [1.54, 1.807) is 6.21 Å². The minimum atomic E-state index is -1.17. The number of aromatic nitrogens is 1. The zero-order chi connectivity index (χ0) is 23.7. The van der Waals surface area contributed by atoms with Gasteiger partial charge in [-0.05, 0) is 52.0 Å². The van der Waals surface area contributed by atoms with E-state index >= 15 is 0 Å². The van der Waals surface area contributed by atoms with Gasteiger partial charge in [-0.2, -0.15) is 0 Å². The zero-order valence-corrected chi connectivity index (χ0v) is 20.4. The molecule has 2 aliphatic rings. The van der Waals surface area contributed by atoms with Crippen LogP contribution in [0.3, 0.4) is 0 Å². The van der Waals surface area contributed by atoms with Crippen LogP contribution in [-0.4, -0.2) is 59.8 Å². The van der Waals surface area contributed by atoms with Crippen molar-refractivity contribution in [2.75, 3.05) is 25.1 Å². The molecule has 3 heterocycles. The predicted molar refractivity (Wildman–Crippen MR) is 127 cm³/mol. The minimum absolute atomic E-state index is 0.343. The van der Waals surface area contributed by atoms with Crippen LogP contribution < -0.4 is 4.90 Å². The number of rotatable bonds is 6. The lowest BCUT2D eigenvalue weighted by Crippen LogP contribution is -2.54. The van der Waals surface area contributed by atoms with Gasteiger partial charge < -0.3 is 19.5 Å². The second-order valence-corrected chi connectivity index (χ2v) is 10.7. The van der Waals surface area contributed by atoms with Crippen LogP contribution in [0.25, 0.3) is 5.70 Å².